The monoisotopic (exact) mass is 199 g/mol. The second-order valence-electron chi connectivity index (χ2n) is 2.16. The van der Waals surface area contributed by atoms with Gasteiger partial charge in [0.25, 0.3) is 0 Å². The molecule has 0 spiro atoms. The topological polar surface area (TPSA) is 21.3 Å². The lowest BCUT2D eigenvalue weighted by molar-refractivity contribution is 0.415. The number of anilines is 1. The number of rotatable bonds is 2. The van der Waals surface area contributed by atoms with Gasteiger partial charge in [0.15, 0.2) is 0 Å². The Morgan fingerprint density at radius 1 is 1.58 bits per heavy atom. The molecule has 1 N–H and O–H groups in total. The Hall–Kier alpha value is -0.740. The van der Waals surface area contributed by atoms with Gasteiger partial charge >= 0.3 is 0 Å². The summed E-state index contributed by atoms with van der Waals surface area (Å²) in [4.78, 5) is 0. The maximum absolute atomic E-state index is 5.03. The van der Waals surface area contributed by atoms with Crippen LogP contribution >= 0.6 is 24.8 Å². The van der Waals surface area contributed by atoms with Crippen molar-refractivity contribution in [1.82, 2.24) is 0 Å². The van der Waals surface area contributed by atoms with Crippen LogP contribution in [-0.4, -0.2) is 11.4 Å². The summed E-state index contributed by atoms with van der Waals surface area (Å²) >= 11 is 8.72. The molecule has 12 heavy (non-hydrogen) atoms. The number of methoxy groups -OCH3 is 1. The molecule has 0 heterocycles. The predicted octanol–water partition coefficient (Wildman–Crippen LogP) is 2.32. The van der Waals surface area contributed by atoms with Crippen molar-refractivity contribution in [3.63, 3.8) is 0 Å². The predicted molar refractivity (Wildman–Crippen MR) is 58.2 cm³/mol. The summed E-state index contributed by atoms with van der Waals surface area (Å²) < 4.78 is 5.48. The van der Waals surface area contributed by atoms with Gasteiger partial charge in [0.2, 0.25) is 0 Å². The Morgan fingerprint density at radius 3 is 2.92 bits per heavy atom. The van der Waals surface area contributed by atoms with Crippen LogP contribution in [0.1, 0.15) is 0 Å². The first-order valence-corrected chi connectivity index (χ1v) is 4.22. The van der Waals surface area contributed by atoms with Crippen LogP contribution < -0.4 is 10.1 Å². The highest BCUT2D eigenvalue weighted by molar-refractivity contribution is 8.11. The number of hydrogen-bond donors (Lipinski definition) is 2. The van der Waals surface area contributed by atoms with E-state index < -0.39 is 0 Å². The summed E-state index contributed by atoms with van der Waals surface area (Å²) in [5.41, 5.74) is 0.884. The molecule has 0 aliphatic rings. The molecule has 0 aromatic heterocycles. The Bertz CT molecular complexity index is 288. The lowest BCUT2D eigenvalue weighted by atomic mass is 10.3. The molecule has 0 amide bonds. The number of benzene rings is 1. The van der Waals surface area contributed by atoms with Gasteiger partial charge in [0.1, 0.15) is 10.1 Å². The van der Waals surface area contributed by atoms with Crippen LogP contribution in [0.25, 0.3) is 0 Å². The largest absolute Gasteiger partial charge is 0.497 e. The number of ether oxygens (including phenoxy) is 1. The minimum atomic E-state index is 0.447. The quantitative estimate of drug-likeness (QED) is 0.564. The molecule has 0 radical (unpaired) electrons. The van der Waals surface area contributed by atoms with Gasteiger partial charge in [-0.1, -0.05) is 18.3 Å². The maximum Gasteiger partial charge on any atom is 0.135 e. The second kappa shape index (κ2) is 4.33. The molecular weight excluding hydrogens is 190 g/mol. The zero-order valence-corrected chi connectivity index (χ0v) is 8.28. The van der Waals surface area contributed by atoms with Gasteiger partial charge in [0.05, 0.1) is 7.11 Å². The van der Waals surface area contributed by atoms with E-state index in [4.69, 9.17) is 17.0 Å². The first kappa shape index (κ1) is 9.35. The van der Waals surface area contributed by atoms with E-state index >= 15 is 0 Å². The number of nitrogens with one attached hydrogen (secondary N) is 1. The molecule has 1 aromatic rings. The van der Waals surface area contributed by atoms with Crippen LogP contribution in [0.5, 0.6) is 5.75 Å². The van der Waals surface area contributed by atoms with E-state index in [9.17, 15) is 0 Å². The van der Waals surface area contributed by atoms with E-state index in [-0.39, 0.29) is 0 Å². The highest BCUT2D eigenvalue weighted by Crippen LogP contribution is 2.16. The molecule has 0 saturated carbocycles. The molecule has 4 heteroatoms. The number of thiol groups is 1. The van der Waals surface area contributed by atoms with Crippen molar-refractivity contribution in [2.45, 2.75) is 0 Å². The van der Waals surface area contributed by atoms with Gasteiger partial charge in [-0.3, -0.25) is 0 Å². The minimum Gasteiger partial charge on any atom is -0.497 e. The van der Waals surface area contributed by atoms with Crippen molar-refractivity contribution in [1.29, 1.82) is 0 Å². The summed E-state index contributed by atoms with van der Waals surface area (Å²) in [6.45, 7) is 0. The van der Waals surface area contributed by atoms with Crippen molar-refractivity contribution >= 4 is 34.9 Å². The van der Waals surface area contributed by atoms with E-state index in [1.807, 2.05) is 24.3 Å². The number of thiocarbonyl (C=S) groups is 1. The van der Waals surface area contributed by atoms with Crippen LogP contribution in [0.3, 0.4) is 0 Å². The normalized spacial score (nSPS) is 9.17. The minimum absolute atomic E-state index is 0.447. The third kappa shape index (κ3) is 2.71. The van der Waals surface area contributed by atoms with Crippen LogP contribution in [-0.2, 0) is 0 Å². The summed E-state index contributed by atoms with van der Waals surface area (Å²) in [6, 6.07) is 7.49. The van der Waals surface area contributed by atoms with E-state index in [2.05, 4.69) is 17.9 Å². The zero-order valence-electron chi connectivity index (χ0n) is 6.57. The fourth-order valence-electron chi connectivity index (χ4n) is 0.824. The van der Waals surface area contributed by atoms with E-state index in [0.717, 1.165) is 11.4 Å². The molecule has 0 saturated heterocycles. The van der Waals surface area contributed by atoms with Crippen LogP contribution in [0, 0.1) is 0 Å². The average molecular weight is 199 g/mol. The first-order valence-electron chi connectivity index (χ1n) is 3.36. The van der Waals surface area contributed by atoms with E-state index in [0.29, 0.717) is 4.32 Å². The first-order chi connectivity index (χ1) is 5.72. The number of hydrogen-bond acceptors (Lipinski definition) is 2. The Balaban J connectivity index is 2.79. The fourth-order valence-corrected chi connectivity index (χ4v) is 1.07. The SMILES string of the molecule is COc1cccc(NC(=S)S)c1. The molecule has 1 aromatic carbocycles. The van der Waals surface area contributed by atoms with Crippen molar-refractivity contribution < 1.29 is 4.74 Å². The maximum atomic E-state index is 5.03. The molecule has 0 unspecified atom stereocenters. The summed E-state index contributed by atoms with van der Waals surface area (Å²) in [5, 5.41) is 2.90. The molecule has 0 atom stereocenters. The third-order valence-corrected chi connectivity index (χ3v) is 1.53. The van der Waals surface area contributed by atoms with Crippen LogP contribution in [0.15, 0.2) is 24.3 Å². The van der Waals surface area contributed by atoms with Crippen molar-refractivity contribution in [2.75, 3.05) is 12.4 Å². The summed E-state index contributed by atoms with van der Waals surface area (Å²) in [5.74, 6) is 0.796. The van der Waals surface area contributed by atoms with Crippen molar-refractivity contribution in [3.8, 4) is 5.75 Å². The average Bonchev–Trinajstić information content (AvgIpc) is 2.03. The van der Waals surface area contributed by atoms with Gasteiger partial charge in [-0.25, -0.2) is 0 Å². The molecule has 0 aliphatic heterocycles. The van der Waals surface area contributed by atoms with E-state index in [1.165, 1.54) is 0 Å². The van der Waals surface area contributed by atoms with Crippen molar-refractivity contribution in [3.05, 3.63) is 24.3 Å². The fraction of sp³-hybridized carbons (Fsp3) is 0.125. The Morgan fingerprint density at radius 2 is 2.33 bits per heavy atom. The lowest BCUT2D eigenvalue weighted by Gasteiger charge is -2.04. The molecule has 0 bridgehead atoms. The Kier molecular flexibility index (Phi) is 3.37. The highest BCUT2D eigenvalue weighted by atomic mass is 32.1. The lowest BCUT2D eigenvalue weighted by Crippen LogP contribution is -2.00. The van der Waals surface area contributed by atoms with Crippen LogP contribution in [0.4, 0.5) is 5.69 Å². The zero-order chi connectivity index (χ0) is 8.97. The van der Waals surface area contributed by atoms with Crippen molar-refractivity contribution in [2.24, 2.45) is 0 Å². The Labute approximate surface area is 82.3 Å². The smallest absolute Gasteiger partial charge is 0.135 e. The second-order valence-corrected chi connectivity index (χ2v) is 3.32. The van der Waals surface area contributed by atoms with Gasteiger partial charge in [-0.05, 0) is 12.1 Å². The molecule has 1 rings (SSSR count). The van der Waals surface area contributed by atoms with Gasteiger partial charge < -0.3 is 10.1 Å². The molecule has 0 fully saturated rings. The summed E-state index contributed by atoms with van der Waals surface area (Å²) in [7, 11) is 1.62. The standard InChI is InChI=1S/C8H9NOS2/c1-10-7-4-2-3-6(5-7)9-8(11)12/h2-5H,1H3,(H2,9,11,12). The molecule has 2 nitrogen and oxygen atoms in total. The van der Waals surface area contributed by atoms with E-state index in [1.54, 1.807) is 7.11 Å². The van der Waals surface area contributed by atoms with Gasteiger partial charge in [0, 0.05) is 11.8 Å². The molecule has 0 aliphatic carbocycles. The van der Waals surface area contributed by atoms with Crippen LogP contribution in [0.2, 0.25) is 0 Å². The van der Waals surface area contributed by atoms with Gasteiger partial charge in [-0.2, -0.15) is 0 Å². The van der Waals surface area contributed by atoms with Gasteiger partial charge in [-0.15, -0.1) is 12.6 Å². The third-order valence-electron chi connectivity index (χ3n) is 1.32. The molecule has 64 valence electrons. The molecular formula is C8H9NOS2. The summed E-state index contributed by atoms with van der Waals surface area (Å²) in [6.07, 6.45) is 0. The highest BCUT2D eigenvalue weighted by Gasteiger charge is 1.94.